The highest BCUT2D eigenvalue weighted by Crippen LogP contribution is 2.30. The largest absolute Gasteiger partial charge is 0.501 e. The first-order chi connectivity index (χ1) is 14.0. The molecule has 0 aliphatic heterocycles. The first-order valence-corrected chi connectivity index (χ1v) is 9.40. The summed E-state index contributed by atoms with van der Waals surface area (Å²) in [6, 6.07) is 7.86. The molecule has 0 N–H and O–H groups in total. The number of esters is 1. The molecule has 0 bridgehead atoms. The molecule has 150 valence electrons. The number of benzene rings is 1. The maximum Gasteiger partial charge on any atom is 0.336 e. The third kappa shape index (κ3) is 5.31. The van der Waals surface area contributed by atoms with E-state index < -0.39 is 5.97 Å². The van der Waals surface area contributed by atoms with Gasteiger partial charge in [-0.1, -0.05) is 31.2 Å². The summed E-state index contributed by atoms with van der Waals surface area (Å²) in [6.07, 6.45) is 10.6. The molecule has 6 heteroatoms. The van der Waals surface area contributed by atoms with E-state index in [-0.39, 0.29) is 17.5 Å². The smallest absolute Gasteiger partial charge is 0.336 e. The third-order valence-corrected chi connectivity index (χ3v) is 4.75. The summed E-state index contributed by atoms with van der Waals surface area (Å²) < 4.78 is 12.7. The average molecular weight is 392 g/mol. The molecular weight excluding hydrogens is 368 g/mol. The van der Waals surface area contributed by atoms with E-state index in [0.717, 1.165) is 17.7 Å². The number of allylic oxidation sites excluding steroid dienone is 3. The first-order valence-electron chi connectivity index (χ1n) is 9.40. The zero-order chi connectivity index (χ0) is 20.8. The Morgan fingerprint density at radius 3 is 2.66 bits per heavy atom. The Morgan fingerprint density at radius 2 is 2.03 bits per heavy atom. The van der Waals surface area contributed by atoms with E-state index in [0.29, 0.717) is 17.8 Å². The normalized spacial score (nSPS) is 16.7. The van der Waals surface area contributed by atoms with Crippen molar-refractivity contribution in [2.75, 3.05) is 7.11 Å². The van der Waals surface area contributed by atoms with E-state index in [1.54, 1.807) is 31.8 Å². The van der Waals surface area contributed by atoms with Crippen molar-refractivity contribution in [3.63, 3.8) is 0 Å². The van der Waals surface area contributed by atoms with Crippen LogP contribution >= 0.6 is 0 Å². The highest BCUT2D eigenvalue weighted by atomic mass is 16.5. The number of carbonyl (C=O) groups is 2. The van der Waals surface area contributed by atoms with Crippen molar-refractivity contribution in [3.8, 4) is 0 Å². The second-order valence-electron chi connectivity index (χ2n) is 6.99. The minimum Gasteiger partial charge on any atom is -0.501 e. The number of ketones is 1. The Kier molecular flexibility index (Phi) is 6.44. The van der Waals surface area contributed by atoms with Gasteiger partial charge in [0.25, 0.3) is 0 Å². The van der Waals surface area contributed by atoms with Crippen LogP contribution in [0.5, 0.6) is 0 Å². The van der Waals surface area contributed by atoms with Crippen LogP contribution in [-0.2, 0) is 25.6 Å². The fraction of sp³-hybridized carbons (Fsp3) is 0.261. The maximum absolute atomic E-state index is 12.3. The molecule has 1 aliphatic carbocycles. The van der Waals surface area contributed by atoms with Gasteiger partial charge in [-0.15, -0.1) is 0 Å². The molecule has 1 unspecified atom stereocenters. The van der Waals surface area contributed by atoms with Crippen LogP contribution in [0.2, 0.25) is 0 Å². The van der Waals surface area contributed by atoms with Crippen LogP contribution in [0.25, 0.3) is 6.08 Å². The highest BCUT2D eigenvalue weighted by Gasteiger charge is 2.25. The number of aromatic nitrogens is 2. The number of rotatable bonds is 7. The van der Waals surface area contributed by atoms with Crippen LogP contribution in [0.15, 0.2) is 72.2 Å². The van der Waals surface area contributed by atoms with E-state index in [9.17, 15) is 9.59 Å². The molecule has 0 saturated heterocycles. The molecule has 1 aliphatic rings. The second kappa shape index (κ2) is 9.19. The van der Waals surface area contributed by atoms with Crippen LogP contribution in [0, 0.1) is 5.92 Å². The van der Waals surface area contributed by atoms with E-state index in [1.807, 2.05) is 42.0 Å². The number of Topliss-reactive ketones (excluding diaryl/α,β-unsaturated/α-hetero) is 1. The average Bonchev–Trinajstić information content (AvgIpc) is 3.21. The third-order valence-electron chi connectivity index (χ3n) is 4.75. The number of imidazole rings is 1. The van der Waals surface area contributed by atoms with Gasteiger partial charge >= 0.3 is 5.97 Å². The summed E-state index contributed by atoms with van der Waals surface area (Å²) in [4.78, 5) is 28.2. The molecule has 0 radical (unpaired) electrons. The molecule has 1 heterocycles. The van der Waals surface area contributed by atoms with Crippen LogP contribution in [0.4, 0.5) is 0 Å². The molecule has 1 aromatic carbocycles. The van der Waals surface area contributed by atoms with Crippen molar-refractivity contribution in [2.24, 2.45) is 5.92 Å². The lowest BCUT2D eigenvalue weighted by atomic mass is 9.91. The van der Waals surface area contributed by atoms with Crippen molar-refractivity contribution >= 4 is 17.8 Å². The van der Waals surface area contributed by atoms with Crippen molar-refractivity contribution in [1.29, 1.82) is 0 Å². The van der Waals surface area contributed by atoms with Crippen LogP contribution in [0.1, 0.15) is 31.4 Å². The summed E-state index contributed by atoms with van der Waals surface area (Å²) in [5.74, 6) is 0.372. The predicted octanol–water partition coefficient (Wildman–Crippen LogP) is 3.90. The Bertz CT molecular complexity index is 967. The van der Waals surface area contributed by atoms with Gasteiger partial charge in [0.2, 0.25) is 0 Å². The fourth-order valence-electron chi connectivity index (χ4n) is 3.17. The number of nitrogens with zero attached hydrogens (tertiary/aromatic N) is 2. The zero-order valence-corrected chi connectivity index (χ0v) is 16.8. The van der Waals surface area contributed by atoms with Gasteiger partial charge in [-0.2, -0.15) is 0 Å². The topological polar surface area (TPSA) is 70.4 Å². The summed E-state index contributed by atoms with van der Waals surface area (Å²) >= 11 is 0. The predicted molar refractivity (Wildman–Crippen MR) is 109 cm³/mol. The lowest BCUT2D eigenvalue weighted by Crippen LogP contribution is -2.17. The first kappa shape index (κ1) is 20.3. The molecule has 0 amide bonds. The Balaban J connectivity index is 1.66. The van der Waals surface area contributed by atoms with Gasteiger partial charge in [0.05, 0.1) is 13.4 Å². The minimum atomic E-state index is -0.539. The van der Waals surface area contributed by atoms with Crippen LogP contribution < -0.4 is 0 Å². The number of hydrogen-bond donors (Lipinski definition) is 0. The summed E-state index contributed by atoms with van der Waals surface area (Å²) in [7, 11) is 1.57. The molecule has 1 atom stereocenters. The lowest BCUT2D eigenvalue weighted by Gasteiger charge is -2.22. The Labute approximate surface area is 170 Å². The van der Waals surface area contributed by atoms with E-state index >= 15 is 0 Å². The van der Waals surface area contributed by atoms with E-state index in [2.05, 4.69) is 4.98 Å². The van der Waals surface area contributed by atoms with Crippen molar-refractivity contribution < 1.29 is 19.1 Å². The second-order valence-corrected chi connectivity index (χ2v) is 6.99. The number of carbonyl (C=O) groups excluding carboxylic acids is 2. The highest BCUT2D eigenvalue weighted by molar-refractivity contribution is 5.96. The fourth-order valence-corrected chi connectivity index (χ4v) is 3.17. The molecular formula is C23H24N2O4. The minimum absolute atomic E-state index is 0.0673. The quantitative estimate of drug-likeness (QED) is 0.528. The SMILES string of the molecule is COC1=CC(OC(=O)/C=C\c2ccc(Cn3ccnc3)cc2)=C(C(C)=O)CC1C. The number of ether oxygens (including phenoxy) is 2. The van der Waals surface area contributed by atoms with Gasteiger partial charge in [-0.25, -0.2) is 9.78 Å². The number of methoxy groups -OCH3 is 1. The molecule has 0 fully saturated rings. The summed E-state index contributed by atoms with van der Waals surface area (Å²) in [5.41, 5.74) is 2.51. The van der Waals surface area contributed by atoms with Gasteiger partial charge < -0.3 is 14.0 Å². The monoisotopic (exact) mass is 392 g/mol. The maximum atomic E-state index is 12.3. The summed E-state index contributed by atoms with van der Waals surface area (Å²) in [5, 5.41) is 0. The molecule has 0 saturated carbocycles. The Morgan fingerprint density at radius 1 is 1.28 bits per heavy atom. The van der Waals surface area contributed by atoms with Gasteiger partial charge in [0, 0.05) is 42.6 Å². The van der Waals surface area contributed by atoms with Gasteiger partial charge in [0.15, 0.2) is 5.78 Å². The van der Waals surface area contributed by atoms with Crippen molar-refractivity contribution in [1.82, 2.24) is 9.55 Å². The Hall–Kier alpha value is -3.41. The summed E-state index contributed by atoms with van der Waals surface area (Å²) in [6.45, 7) is 4.18. The molecule has 3 rings (SSSR count). The molecule has 1 aromatic heterocycles. The van der Waals surface area contributed by atoms with Crippen LogP contribution in [0.3, 0.4) is 0 Å². The standard InChI is InChI=1S/C23H24N2O4/c1-16-12-20(17(2)26)22(13-21(16)28-3)29-23(27)9-8-18-4-6-19(7-5-18)14-25-11-10-24-15-25/h4-11,13,15-16H,12,14H2,1-3H3/b9-8-. The van der Waals surface area contributed by atoms with Gasteiger partial charge in [-0.05, 0) is 30.5 Å². The number of hydrogen-bond acceptors (Lipinski definition) is 5. The molecule has 6 nitrogen and oxygen atoms in total. The zero-order valence-electron chi connectivity index (χ0n) is 16.8. The van der Waals surface area contributed by atoms with Gasteiger partial charge in [-0.3, -0.25) is 4.79 Å². The molecule has 0 spiro atoms. The van der Waals surface area contributed by atoms with Crippen LogP contribution in [-0.4, -0.2) is 28.4 Å². The van der Waals surface area contributed by atoms with E-state index in [1.165, 1.54) is 13.0 Å². The van der Waals surface area contributed by atoms with Crippen molar-refractivity contribution in [2.45, 2.75) is 26.8 Å². The van der Waals surface area contributed by atoms with Crippen molar-refractivity contribution in [3.05, 3.63) is 83.4 Å². The lowest BCUT2D eigenvalue weighted by molar-refractivity contribution is -0.133. The molecule has 2 aromatic rings. The molecule has 29 heavy (non-hydrogen) atoms. The van der Waals surface area contributed by atoms with E-state index in [4.69, 9.17) is 9.47 Å². The van der Waals surface area contributed by atoms with Gasteiger partial charge in [0.1, 0.15) is 11.5 Å².